The van der Waals surface area contributed by atoms with Crippen LogP contribution < -0.4 is 14.8 Å². The Morgan fingerprint density at radius 1 is 1.14 bits per heavy atom. The lowest BCUT2D eigenvalue weighted by atomic mass is 10.0. The van der Waals surface area contributed by atoms with E-state index in [9.17, 15) is 9.90 Å². The summed E-state index contributed by atoms with van der Waals surface area (Å²) in [5, 5.41) is 12.9. The molecule has 158 valence electrons. The van der Waals surface area contributed by atoms with Gasteiger partial charge in [0.1, 0.15) is 12.6 Å². The molecular weight excluding hydrogens is 390 g/mol. The molecule has 1 atom stereocenters. The molecule has 0 spiro atoms. The summed E-state index contributed by atoms with van der Waals surface area (Å²) in [5.74, 6) is 0.478. The summed E-state index contributed by atoms with van der Waals surface area (Å²) in [5.41, 5.74) is 3.07. The number of rotatable bonds is 11. The molecular formula is C23H30ClNO4. The number of hydrogen-bond acceptors (Lipinski definition) is 4. The summed E-state index contributed by atoms with van der Waals surface area (Å²) in [7, 11) is 0. The van der Waals surface area contributed by atoms with Crippen molar-refractivity contribution in [1.82, 2.24) is 5.32 Å². The largest absolute Gasteiger partial charge is 0.490 e. The molecule has 0 aromatic heterocycles. The highest BCUT2D eigenvalue weighted by Gasteiger charge is 2.19. The predicted octanol–water partition coefficient (Wildman–Crippen LogP) is 5.22. The summed E-state index contributed by atoms with van der Waals surface area (Å²) in [4.78, 5) is 11.5. The number of carboxylic acids is 1. The SMILES string of the molecule is CCOc1cc(CNC(CC(C)C)C(=O)O)cc(Cl)c1OCc1ccc(C)cc1. The Balaban J connectivity index is 2.13. The molecule has 0 aliphatic rings. The third-order valence-electron chi connectivity index (χ3n) is 4.43. The minimum Gasteiger partial charge on any atom is -0.490 e. The molecule has 0 aliphatic carbocycles. The Kier molecular flexibility index (Phi) is 8.80. The Morgan fingerprint density at radius 2 is 1.83 bits per heavy atom. The maximum atomic E-state index is 11.5. The zero-order valence-electron chi connectivity index (χ0n) is 17.5. The molecule has 2 aromatic carbocycles. The quantitative estimate of drug-likeness (QED) is 0.523. The summed E-state index contributed by atoms with van der Waals surface area (Å²) >= 11 is 6.47. The standard InChI is InChI=1S/C23H30ClNO4/c1-5-28-21-12-18(13-25-20(23(26)27)10-15(2)3)11-19(24)22(21)29-14-17-8-6-16(4)7-9-17/h6-9,11-12,15,20,25H,5,10,13-14H2,1-4H3,(H,26,27). The molecule has 0 bridgehead atoms. The van der Waals surface area contributed by atoms with Crippen molar-refractivity contribution in [2.24, 2.45) is 5.92 Å². The van der Waals surface area contributed by atoms with Crippen LogP contribution in [-0.4, -0.2) is 23.7 Å². The van der Waals surface area contributed by atoms with E-state index < -0.39 is 12.0 Å². The second-order valence-electron chi connectivity index (χ2n) is 7.51. The van der Waals surface area contributed by atoms with Crippen molar-refractivity contribution in [1.29, 1.82) is 0 Å². The van der Waals surface area contributed by atoms with Crippen molar-refractivity contribution in [2.75, 3.05) is 6.61 Å². The van der Waals surface area contributed by atoms with Crippen molar-refractivity contribution in [3.63, 3.8) is 0 Å². The minimum absolute atomic E-state index is 0.281. The maximum absolute atomic E-state index is 11.5. The highest BCUT2D eigenvalue weighted by atomic mass is 35.5. The average molecular weight is 420 g/mol. The van der Waals surface area contributed by atoms with E-state index in [1.165, 1.54) is 5.56 Å². The van der Waals surface area contributed by atoms with Gasteiger partial charge < -0.3 is 19.9 Å². The molecule has 6 heteroatoms. The van der Waals surface area contributed by atoms with Crippen LogP contribution in [0.3, 0.4) is 0 Å². The highest BCUT2D eigenvalue weighted by molar-refractivity contribution is 6.32. The lowest BCUT2D eigenvalue weighted by Crippen LogP contribution is -2.37. The molecule has 2 rings (SSSR count). The van der Waals surface area contributed by atoms with Crippen LogP contribution in [0.5, 0.6) is 11.5 Å². The molecule has 2 aromatic rings. The van der Waals surface area contributed by atoms with Gasteiger partial charge in [-0.25, -0.2) is 0 Å². The van der Waals surface area contributed by atoms with E-state index in [0.29, 0.717) is 42.7 Å². The number of carboxylic acid groups (broad SMARTS) is 1. The fraction of sp³-hybridized carbons (Fsp3) is 0.435. The molecule has 0 radical (unpaired) electrons. The van der Waals surface area contributed by atoms with Crippen molar-refractivity contribution in [3.8, 4) is 11.5 Å². The van der Waals surface area contributed by atoms with Crippen LogP contribution in [0.25, 0.3) is 0 Å². The molecule has 0 saturated carbocycles. The first-order valence-corrected chi connectivity index (χ1v) is 10.3. The van der Waals surface area contributed by atoms with Crippen LogP contribution in [-0.2, 0) is 17.9 Å². The second-order valence-corrected chi connectivity index (χ2v) is 7.92. The van der Waals surface area contributed by atoms with Crippen LogP contribution in [0.2, 0.25) is 5.02 Å². The lowest BCUT2D eigenvalue weighted by Gasteiger charge is -2.18. The number of halogens is 1. The van der Waals surface area contributed by atoms with Gasteiger partial charge in [0.05, 0.1) is 11.6 Å². The van der Waals surface area contributed by atoms with Gasteiger partial charge >= 0.3 is 5.97 Å². The molecule has 0 fully saturated rings. The van der Waals surface area contributed by atoms with E-state index in [1.807, 2.05) is 58.0 Å². The number of ether oxygens (including phenoxy) is 2. The number of carbonyl (C=O) groups is 1. The zero-order valence-corrected chi connectivity index (χ0v) is 18.3. The fourth-order valence-electron chi connectivity index (χ4n) is 2.95. The summed E-state index contributed by atoms with van der Waals surface area (Å²) in [6.07, 6.45) is 0.555. The van der Waals surface area contributed by atoms with Crippen LogP contribution in [0.15, 0.2) is 36.4 Å². The lowest BCUT2D eigenvalue weighted by molar-refractivity contribution is -0.140. The van der Waals surface area contributed by atoms with E-state index in [0.717, 1.165) is 11.1 Å². The van der Waals surface area contributed by atoms with Crippen molar-refractivity contribution >= 4 is 17.6 Å². The smallest absolute Gasteiger partial charge is 0.320 e. The third-order valence-corrected chi connectivity index (χ3v) is 4.71. The monoisotopic (exact) mass is 419 g/mol. The van der Waals surface area contributed by atoms with E-state index in [-0.39, 0.29) is 5.92 Å². The topological polar surface area (TPSA) is 67.8 Å². The first-order valence-electron chi connectivity index (χ1n) is 9.89. The molecule has 1 unspecified atom stereocenters. The zero-order chi connectivity index (χ0) is 21.4. The number of aliphatic carboxylic acids is 1. The molecule has 29 heavy (non-hydrogen) atoms. The maximum Gasteiger partial charge on any atom is 0.320 e. The highest BCUT2D eigenvalue weighted by Crippen LogP contribution is 2.37. The van der Waals surface area contributed by atoms with E-state index in [1.54, 1.807) is 6.07 Å². The second kappa shape index (κ2) is 11.1. The summed E-state index contributed by atoms with van der Waals surface area (Å²) < 4.78 is 11.7. The Bertz CT molecular complexity index is 805. The van der Waals surface area contributed by atoms with E-state index >= 15 is 0 Å². The van der Waals surface area contributed by atoms with E-state index in [4.69, 9.17) is 21.1 Å². The van der Waals surface area contributed by atoms with Crippen LogP contribution in [0.1, 0.15) is 43.9 Å². The predicted molar refractivity (Wildman–Crippen MR) is 116 cm³/mol. The Morgan fingerprint density at radius 3 is 2.41 bits per heavy atom. The molecule has 5 nitrogen and oxygen atoms in total. The van der Waals surface area contributed by atoms with Gasteiger partial charge in [-0.3, -0.25) is 4.79 Å². The van der Waals surface area contributed by atoms with Gasteiger partial charge in [0.2, 0.25) is 0 Å². The first-order chi connectivity index (χ1) is 13.8. The van der Waals surface area contributed by atoms with Crippen molar-refractivity contribution in [2.45, 2.75) is 53.3 Å². The number of aryl methyl sites for hydroxylation is 1. The number of nitrogens with one attached hydrogen (secondary N) is 1. The summed E-state index contributed by atoms with van der Waals surface area (Å²) in [6, 6.07) is 11.1. The van der Waals surface area contributed by atoms with Crippen LogP contribution in [0, 0.1) is 12.8 Å². The molecule has 0 saturated heterocycles. The number of benzene rings is 2. The van der Waals surface area contributed by atoms with Crippen molar-refractivity contribution in [3.05, 3.63) is 58.1 Å². The Hall–Kier alpha value is -2.24. The van der Waals surface area contributed by atoms with Gasteiger partial charge in [-0.15, -0.1) is 0 Å². The van der Waals surface area contributed by atoms with E-state index in [2.05, 4.69) is 5.32 Å². The van der Waals surface area contributed by atoms with Crippen molar-refractivity contribution < 1.29 is 19.4 Å². The van der Waals surface area contributed by atoms with Crippen LogP contribution in [0.4, 0.5) is 0 Å². The fourth-order valence-corrected chi connectivity index (χ4v) is 3.24. The van der Waals surface area contributed by atoms with Crippen LogP contribution >= 0.6 is 11.6 Å². The summed E-state index contributed by atoms with van der Waals surface area (Å²) in [6.45, 7) is 9.17. The van der Waals surface area contributed by atoms with Gasteiger partial charge in [-0.1, -0.05) is 55.3 Å². The molecule has 0 heterocycles. The molecule has 0 aliphatic heterocycles. The normalized spacial score (nSPS) is 12.1. The average Bonchev–Trinajstić information content (AvgIpc) is 2.65. The third kappa shape index (κ3) is 7.26. The molecule has 2 N–H and O–H groups in total. The molecule has 0 amide bonds. The Labute approximate surface area is 178 Å². The number of hydrogen-bond donors (Lipinski definition) is 2. The first kappa shape index (κ1) is 23.0. The minimum atomic E-state index is -0.854. The van der Waals surface area contributed by atoms with Gasteiger partial charge in [0.15, 0.2) is 11.5 Å². The van der Waals surface area contributed by atoms with Gasteiger partial charge in [0.25, 0.3) is 0 Å². The van der Waals surface area contributed by atoms with Gasteiger partial charge in [0, 0.05) is 6.54 Å². The van der Waals surface area contributed by atoms with Gasteiger partial charge in [-0.05, 0) is 49.4 Å². The van der Waals surface area contributed by atoms with Gasteiger partial charge in [-0.2, -0.15) is 0 Å².